The van der Waals surface area contributed by atoms with E-state index in [0.717, 1.165) is 0 Å². The van der Waals surface area contributed by atoms with Crippen molar-refractivity contribution in [3.05, 3.63) is 59.7 Å². The van der Waals surface area contributed by atoms with E-state index in [1.807, 2.05) is 0 Å². The molecule has 0 radical (unpaired) electrons. The van der Waals surface area contributed by atoms with Crippen LogP contribution < -0.4 is 10.6 Å². The monoisotopic (exact) mass is 368 g/mol. The summed E-state index contributed by atoms with van der Waals surface area (Å²) >= 11 is 0. The zero-order valence-electron chi connectivity index (χ0n) is 15.1. The predicted molar refractivity (Wildman–Crippen MR) is 100 cm³/mol. The van der Waals surface area contributed by atoms with Gasteiger partial charge in [-0.25, -0.2) is 0 Å². The van der Waals surface area contributed by atoms with Crippen LogP contribution in [0.1, 0.15) is 29.8 Å². The van der Waals surface area contributed by atoms with Gasteiger partial charge in [0.05, 0.1) is 6.42 Å². The van der Waals surface area contributed by atoms with Gasteiger partial charge in [-0.2, -0.15) is 0 Å². The van der Waals surface area contributed by atoms with Gasteiger partial charge in [-0.3, -0.25) is 19.2 Å². The first-order valence-corrected chi connectivity index (χ1v) is 8.26. The summed E-state index contributed by atoms with van der Waals surface area (Å²) in [7, 11) is 0. The van der Waals surface area contributed by atoms with Crippen molar-refractivity contribution < 1.29 is 23.9 Å². The smallest absolute Gasteiger partial charge is 0.310 e. The minimum atomic E-state index is -0.538. The highest BCUT2D eigenvalue weighted by Gasteiger charge is 2.09. The fourth-order valence-corrected chi connectivity index (χ4v) is 2.26. The van der Waals surface area contributed by atoms with Crippen molar-refractivity contribution in [1.29, 1.82) is 0 Å². The van der Waals surface area contributed by atoms with Gasteiger partial charge in [-0.15, -0.1) is 0 Å². The Labute approximate surface area is 156 Å². The van der Waals surface area contributed by atoms with Crippen molar-refractivity contribution in [2.75, 3.05) is 17.2 Å². The van der Waals surface area contributed by atoms with Gasteiger partial charge in [0.1, 0.15) is 0 Å². The molecule has 0 saturated heterocycles. The number of anilines is 2. The molecular weight excluding hydrogens is 348 g/mol. The Morgan fingerprint density at radius 1 is 0.815 bits per heavy atom. The number of nitrogens with one attached hydrogen (secondary N) is 2. The molecule has 0 aliphatic rings. The quantitative estimate of drug-likeness (QED) is 0.578. The highest BCUT2D eigenvalue weighted by atomic mass is 16.5. The van der Waals surface area contributed by atoms with Gasteiger partial charge in [0.25, 0.3) is 5.91 Å². The van der Waals surface area contributed by atoms with E-state index in [1.54, 1.807) is 48.5 Å². The van der Waals surface area contributed by atoms with Gasteiger partial charge in [0, 0.05) is 23.9 Å². The third-order valence-corrected chi connectivity index (χ3v) is 3.56. The Hall–Kier alpha value is -3.48. The molecule has 0 fully saturated rings. The zero-order valence-corrected chi connectivity index (χ0v) is 15.1. The molecule has 2 amide bonds. The molecule has 7 nitrogen and oxygen atoms in total. The predicted octanol–water partition coefficient (Wildman–Crippen LogP) is 2.57. The summed E-state index contributed by atoms with van der Waals surface area (Å²) in [6.07, 6.45) is 0.0148. The van der Waals surface area contributed by atoms with Crippen LogP contribution in [-0.2, 0) is 25.5 Å². The fraction of sp³-hybridized carbons (Fsp3) is 0.200. The first-order valence-electron chi connectivity index (χ1n) is 8.26. The normalized spacial score (nSPS) is 10.0. The zero-order chi connectivity index (χ0) is 19.8. The first kappa shape index (κ1) is 19.8. The van der Waals surface area contributed by atoms with Crippen LogP contribution in [0.15, 0.2) is 48.5 Å². The highest BCUT2D eigenvalue weighted by molar-refractivity contribution is 5.96. The van der Waals surface area contributed by atoms with E-state index in [9.17, 15) is 19.2 Å². The topological polar surface area (TPSA) is 102 Å². The summed E-state index contributed by atoms with van der Waals surface area (Å²) in [4.78, 5) is 45.9. The lowest BCUT2D eigenvalue weighted by molar-refractivity contribution is -0.146. The van der Waals surface area contributed by atoms with Crippen LogP contribution in [0, 0.1) is 0 Å². The minimum Gasteiger partial charge on any atom is -0.455 e. The van der Waals surface area contributed by atoms with Crippen LogP contribution >= 0.6 is 0 Å². The number of carbonyl (C=O) groups is 4. The number of rotatable bonds is 7. The van der Waals surface area contributed by atoms with E-state index in [0.29, 0.717) is 22.5 Å². The van der Waals surface area contributed by atoms with Crippen molar-refractivity contribution in [3.63, 3.8) is 0 Å². The molecule has 0 aliphatic heterocycles. The lowest BCUT2D eigenvalue weighted by atomic mass is 10.1. The molecule has 140 valence electrons. The first-order chi connectivity index (χ1) is 12.8. The van der Waals surface area contributed by atoms with Gasteiger partial charge < -0.3 is 15.4 Å². The molecule has 0 aliphatic carbocycles. The number of carbonyl (C=O) groups excluding carboxylic acids is 4. The molecule has 0 spiro atoms. The molecule has 2 aromatic rings. The number of ether oxygens (including phenoxy) is 1. The van der Waals surface area contributed by atoms with Crippen LogP contribution in [0.25, 0.3) is 0 Å². The Kier molecular flexibility index (Phi) is 6.82. The number of ketones is 1. The second kappa shape index (κ2) is 9.28. The lowest BCUT2D eigenvalue weighted by Gasteiger charge is -2.08. The molecule has 0 unspecified atom stereocenters. The van der Waals surface area contributed by atoms with Crippen LogP contribution in [0.3, 0.4) is 0 Å². The Bertz CT molecular complexity index is 842. The molecule has 7 heteroatoms. The molecule has 0 aromatic heterocycles. The Morgan fingerprint density at radius 3 is 1.93 bits per heavy atom. The third-order valence-electron chi connectivity index (χ3n) is 3.56. The number of benzene rings is 2. The molecule has 0 atom stereocenters. The highest BCUT2D eigenvalue weighted by Crippen LogP contribution is 2.11. The average Bonchev–Trinajstić information content (AvgIpc) is 2.62. The van der Waals surface area contributed by atoms with Crippen molar-refractivity contribution in [2.45, 2.75) is 20.3 Å². The summed E-state index contributed by atoms with van der Waals surface area (Å²) in [5.74, 6) is -1.25. The van der Waals surface area contributed by atoms with Crippen LogP contribution in [0.2, 0.25) is 0 Å². The summed E-state index contributed by atoms with van der Waals surface area (Å²) in [5.41, 5.74) is 2.39. The number of esters is 1. The van der Waals surface area contributed by atoms with Crippen molar-refractivity contribution in [3.8, 4) is 0 Å². The molecule has 2 aromatic carbocycles. The Morgan fingerprint density at radius 2 is 1.37 bits per heavy atom. The SMILES string of the molecule is CC(=O)Nc1ccc(CC(=O)OCC(=O)Nc2ccc(C(C)=O)cc2)cc1. The minimum absolute atomic E-state index is 0.0148. The standard InChI is InChI=1S/C20H20N2O5/c1-13(23)16-5-9-18(10-6-16)22-19(25)12-27-20(26)11-15-3-7-17(8-4-15)21-14(2)24/h3-10H,11-12H2,1-2H3,(H,21,24)(H,22,25). The van der Waals surface area contributed by atoms with Gasteiger partial charge in [-0.1, -0.05) is 12.1 Å². The second-order valence-corrected chi connectivity index (χ2v) is 5.90. The molecule has 0 saturated carbocycles. The maximum atomic E-state index is 11.8. The molecule has 2 N–H and O–H groups in total. The average molecular weight is 368 g/mol. The van der Waals surface area contributed by atoms with E-state index >= 15 is 0 Å². The third kappa shape index (κ3) is 6.74. The number of Topliss-reactive ketones (excluding diaryl/α,β-unsaturated/α-hetero) is 1. The molecule has 2 rings (SSSR count). The molecule has 0 heterocycles. The van der Waals surface area contributed by atoms with Crippen LogP contribution in [-0.4, -0.2) is 30.2 Å². The number of hydrogen-bond acceptors (Lipinski definition) is 5. The summed E-state index contributed by atoms with van der Waals surface area (Å²) in [6, 6.07) is 13.2. The largest absolute Gasteiger partial charge is 0.455 e. The van der Waals surface area contributed by atoms with E-state index in [-0.39, 0.29) is 18.1 Å². The molecule has 27 heavy (non-hydrogen) atoms. The van der Waals surface area contributed by atoms with E-state index in [4.69, 9.17) is 4.74 Å². The molecule has 0 bridgehead atoms. The molecular formula is C20H20N2O5. The van der Waals surface area contributed by atoms with Crippen LogP contribution in [0.4, 0.5) is 11.4 Å². The maximum absolute atomic E-state index is 11.8. The lowest BCUT2D eigenvalue weighted by Crippen LogP contribution is -2.21. The van der Waals surface area contributed by atoms with Crippen molar-refractivity contribution >= 4 is 34.9 Å². The summed E-state index contributed by atoms with van der Waals surface area (Å²) in [5, 5.41) is 5.22. The van der Waals surface area contributed by atoms with Crippen molar-refractivity contribution in [1.82, 2.24) is 0 Å². The van der Waals surface area contributed by atoms with E-state index in [2.05, 4.69) is 10.6 Å². The van der Waals surface area contributed by atoms with Crippen molar-refractivity contribution in [2.24, 2.45) is 0 Å². The summed E-state index contributed by atoms with van der Waals surface area (Å²) < 4.78 is 4.96. The fourth-order valence-electron chi connectivity index (χ4n) is 2.26. The van der Waals surface area contributed by atoms with Gasteiger partial charge in [-0.05, 0) is 48.9 Å². The maximum Gasteiger partial charge on any atom is 0.310 e. The van der Waals surface area contributed by atoms with Gasteiger partial charge >= 0.3 is 5.97 Å². The van der Waals surface area contributed by atoms with Crippen LogP contribution in [0.5, 0.6) is 0 Å². The van der Waals surface area contributed by atoms with E-state index < -0.39 is 18.5 Å². The van der Waals surface area contributed by atoms with Gasteiger partial charge in [0.15, 0.2) is 12.4 Å². The number of hydrogen-bond donors (Lipinski definition) is 2. The van der Waals surface area contributed by atoms with E-state index in [1.165, 1.54) is 13.8 Å². The number of amides is 2. The Balaban J connectivity index is 1.78. The second-order valence-electron chi connectivity index (χ2n) is 5.90. The van der Waals surface area contributed by atoms with Gasteiger partial charge in [0.2, 0.25) is 5.91 Å². The summed E-state index contributed by atoms with van der Waals surface area (Å²) in [6.45, 7) is 2.46.